The zero-order valence-corrected chi connectivity index (χ0v) is 10.9. The Balaban J connectivity index is 2.02. The van der Waals surface area contributed by atoms with Crippen molar-refractivity contribution in [3.8, 4) is 0 Å². The summed E-state index contributed by atoms with van der Waals surface area (Å²) in [4.78, 5) is 0. The fourth-order valence-corrected chi connectivity index (χ4v) is 2.18. The first-order valence-electron chi connectivity index (χ1n) is 5.98. The van der Waals surface area contributed by atoms with E-state index in [0.717, 1.165) is 16.5 Å². The van der Waals surface area contributed by atoms with Crippen LogP contribution in [-0.4, -0.2) is 0 Å². The molecule has 2 nitrogen and oxygen atoms in total. The molecule has 0 bridgehead atoms. The van der Waals surface area contributed by atoms with E-state index in [2.05, 4.69) is 10.2 Å². The van der Waals surface area contributed by atoms with Gasteiger partial charge in [0.15, 0.2) is 0 Å². The van der Waals surface area contributed by atoms with Gasteiger partial charge >= 0.3 is 0 Å². The molecule has 0 saturated heterocycles. The molecular weight excluding hydrogens is 256 g/mol. The van der Waals surface area contributed by atoms with Crippen LogP contribution in [0.15, 0.2) is 77.0 Å². The van der Waals surface area contributed by atoms with Gasteiger partial charge in [0.2, 0.25) is 0 Å². The van der Waals surface area contributed by atoms with Crippen LogP contribution in [0.2, 0.25) is 5.02 Å². The summed E-state index contributed by atoms with van der Waals surface area (Å²) < 4.78 is 0. The lowest BCUT2D eigenvalue weighted by Crippen LogP contribution is -1.74. The van der Waals surface area contributed by atoms with Gasteiger partial charge in [-0.2, -0.15) is 5.11 Å². The lowest BCUT2D eigenvalue weighted by atomic mass is 10.1. The summed E-state index contributed by atoms with van der Waals surface area (Å²) in [5, 5.41) is 11.1. The molecule has 19 heavy (non-hydrogen) atoms. The largest absolute Gasteiger partial charge is 0.151 e. The van der Waals surface area contributed by atoms with Gasteiger partial charge in [0.1, 0.15) is 5.69 Å². The Morgan fingerprint density at radius 1 is 0.684 bits per heavy atom. The van der Waals surface area contributed by atoms with Crippen LogP contribution in [0.3, 0.4) is 0 Å². The minimum absolute atomic E-state index is 0.637. The fraction of sp³-hybridized carbons (Fsp3) is 0. The van der Waals surface area contributed by atoms with E-state index in [1.165, 1.54) is 0 Å². The lowest BCUT2D eigenvalue weighted by molar-refractivity contribution is 1.23. The number of azo groups is 1. The molecule has 0 N–H and O–H groups in total. The Hall–Kier alpha value is -2.19. The van der Waals surface area contributed by atoms with Crippen molar-refractivity contribution in [1.29, 1.82) is 0 Å². The summed E-state index contributed by atoms with van der Waals surface area (Å²) in [5.74, 6) is 0. The number of fused-ring (bicyclic) bond motifs is 1. The Bertz CT molecular complexity index is 736. The number of nitrogens with zero attached hydrogens (tertiary/aromatic N) is 2. The van der Waals surface area contributed by atoms with Crippen molar-refractivity contribution in [2.45, 2.75) is 0 Å². The van der Waals surface area contributed by atoms with E-state index in [1.54, 1.807) is 0 Å². The molecular formula is C16H11ClN2. The monoisotopic (exact) mass is 266 g/mol. The molecule has 0 saturated carbocycles. The van der Waals surface area contributed by atoms with E-state index in [9.17, 15) is 0 Å². The van der Waals surface area contributed by atoms with Crippen molar-refractivity contribution < 1.29 is 0 Å². The maximum Gasteiger partial charge on any atom is 0.105 e. The third-order valence-corrected chi connectivity index (χ3v) is 3.27. The van der Waals surface area contributed by atoms with E-state index in [4.69, 9.17) is 11.6 Å². The molecule has 0 atom stereocenters. The molecule has 0 aliphatic heterocycles. The van der Waals surface area contributed by atoms with Crippen molar-refractivity contribution in [1.82, 2.24) is 0 Å². The molecule has 0 heterocycles. The van der Waals surface area contributed by atoms with Crippen LogP contribution in [-0.2, 0) is 0 Å². The molecule has 3 rings (SSSR count). The molecule has 3 aromatic rings. The minimum Gasteiger partial charge on any atom is -0.151 e. The summed E-state index contributed by atoms with van der Waals surface area (Å²) in [6.07, 6.45) is 0. The van der Waals surface area contributed by atoms with Crippen molar-refractivity contribution in [2.24, 2.45) is 10.2 Å². The summed E-state index contributed by atoms with van der Waals surface area (Å²) >= 11 is 6.35. The summed E-state index contributed by atoms with van der Waals surface area (Å²) in [5.41, 5.74) is 1.50. The van der Waals surface area contributed by atoms with Gasteiger partial charge in [0.05, 0.1) is 10.7 Å². The summed E-state index contributed by atoms with van der Waals surface area (Å²) in [6, 6.07) is 21.5. The topological polar surface area (TPSA) is 24.7 Å². The van der Waals surface area contributed by atoms with Crippen molar-refractivity contribution >= 4 is 33.7 Å². The third-order valence-electron chi connectivity index (χ3n) is 2.87. The molecule has 3 heteroatoms. The highest BCUT2D eigenvalue weighted by Gasteiger charge is 2.04. The average molecular weight is 267 g/mol. The SMILES string of the molecule is Clc1c(N=Nc2ccccc2)ccc2ccccc12. The Kier molecular flexibility index (Phi) is 3.25. The highest BCUT2D eigenvalue weighted by Crippen LogP contribution is 2.33. The Morgan fingerprint density at radius 2 is 1.42 bits per heavy atom. The second-order valence-corrected chi connectivity index (χ2v) is 4.53. The van der Waals surface area contributed by atoms with Crippen LogP contribution in [0.25, 0.3) is 10.8 Å². The maximum atomic E-state index is 6.35. The van der Waals surface area contributed by atoms with Crippen LogP contribution in [0.1, 0.15) is 0 Å². The van der Waals surface area contributed by atoms with Crippen LogP contribution in [0.5, 0.6) is 0 Å². The second kappa shape index (κ2) is 5.21. The van der Waals surface area contributed by atoms with Gasteiger partial charge in [0, 0.05) is 5.39 Å². The molecule has 0 aromatic heterocycles. The van der Waals surface area contributed by atoms with Gasteiger partial charge in [-0.15, -0.1) is 5.11 Å². The Labute approximate surface area is 116 Å². The second-order valence-electron chi connectivity index (χ2n) is 4.16. The minimum atomic E-state index is 0.637. The van der Waals surface area contributed by atoms with E-state index in [0.29, 0.717) is 10.7 Å². The number of rotatable bonds is 2. The quantitative estimate of drug-likeness (QED) is 0.515. The van der Waals surface area contributed by atoms with E-state index in [1.807, 2.05) is 66.7 Å². The molecule has 0 unspecified atom stereocenters. The molecule has 0 spiro atoms. The number of hydrogen-bond acceptors (Lipinski definition) is 2. The standard InChI is InChI=1S/C16H11ClN2/c17-16-14-9-5-4-6-12(14)10-11-15(16)19-18-13-7-2-1-3-8-13/h1-11H. The fourth-order valence-electron chi connectivity index (χ4n) is 1.91. The number of benzene rings is 3. The van der Waals surface area contributed by atoms with Crippen LogP contribution < -0.4 is 0 Å². The Morgan fingerprint density at radius 3 is 2.26 bits per heavy atom. The normalized spacial score (nSPS) is 11.2. The maximum absolute atomic E-state index is 6.35. The molecule has 0 radical (unpaired) electrons. The molecule has 0 aliphatic carbocycles. The molecule has 0 aliphatic rings. The lowest BCUT2D eigenvalue weighted by Gasteiger charge is -2.02. The molecule has 0 fully saturated rings. The first kappa shape index (κ1) is 11.9. The van der Waals surface area contributed by atoms with Gasteiger partial charge in [-0.1, -0.05) is 60.1 Å². The van der Waals surface area contributed by atoms with Crippen molar-refractivity contribution in [3.63, 3.8) is 0 Å². The van der Waals surface area contributed by atoms with Crippen LogP contribution in [0.4, 0.5) is 11.4 Å². The van der Waals surface area contributed by atoms with Gasteiger partial charge in [-0.25, -0.2) is 0 Å². The van der Waals surface area contributed by atoms with Gasteiger partial charge in [-0.05, 0) is 23.6 Å². The summed E-state index contributed by atoms with van der Waals surface area (Å²) in [6.45, 7) is 0. The molecule has 3 aromatic carbocycles. The van der Waals surface area contributed by atoms with E-state index in [-0.39, 0.29) is 0 Å². The van der Waals surface area contributed by atoms with Crippen LogP contribution >= 0.6 is 11.6 Å². The van der Waals surface area contributed by atoms with Crippen molar-refractivity contribution in [2.75, 3.05) is 0 Å². The smallest absolute Gasteiger partial charge is 0.105 e. The van der Waals surface area contributed by atoms with Gasteiger partial charge in [-0.3, -0.25) is 0 Å². The molecule has 0 amide bonds. The van der Waals surface area contributed by atoms with Crippen LogP contribution in [0, 0.1) is 0 Å². The predicted molar refractivity (Wildman–Crippen MR) is 79.6 cm³/mol. The number of hydrogen-bond donors (Lipinski definition) is 0. The first-order chi connectivity index (χ1) is 9.34. The van der Waals surface area contributed by atoms with Crippen molar-refractivity contribution in [3.05, 3.63) is 71.8 Å². The predicted octanol–water partition coefficient (Wildman–Crippen LogP) is 5.91. The molecule has 92 valence electrons. The third kappa shape index (κ3) is 2.49. The van der Waals surface area contributed by atoms with Gasteiger partial charge in [0.25, 0.3) is 0 Å². The average Bonchev–Trinajstić information content (AvgIpc) is 2.48. The van der Waals surface area contributed by atoms with E-state index < -0.39 is 0 Å². The zero-order chi connectivity index (χ0) is 13.1. The highest BCUT2D eigenvalue weighted by molar-refractivity contribution is 6.38. The number of halogens is 1. The van der Waals surface area contributed by atoms with Gasteiger partial charge < -0.3 is 0 Å². The van der Waals surface area contributed by atoms with E-state index >= 15 is 0 Å². The highest BCUT2D eigenvalue weighted by atomic mass is 35.5. The summed E-state index contributed by atoms with van der Waals surface area (Å²) in [7, 11) is 0. The first-order valence-corrected chi connectivity index (χ1v) is 6.36. The zero-order valence-electron chi connectivity index (χ0n) is 10.1.